The Morgan fingerprint density at radius 3 is 1.15 bits per heavy atom. The van der Waals surface area contributed by atoms with E-state index in [1.54, 1.807) is 0 Å². The third-order valence-electron chi connectivity index (χ3n) is 3.99. The molecule has 0 nitrogen and oxygen atoms in total. The van der Waals surface area contributed by atoms with Crippen LogP contribution in [0.4, 0.5) is 74.6 Å². The van der Waals surface area contributed by atoms with E-state index in [0.717, 1.165) is 6.07 Å². The van der Waals surface area contributed by atoms with E-state index >= 15 is 0 Å². The average Bonchev–Trinajstić information content (AvgIpc) is 2.61. The molecule has 0 aliphatic rings. The summed E-state index contributed by atoms with van der Waals surface area (Å²) in [6, 6.07) is 1.12. The van der Waals surface area contributed by atoms with Gasteiger partial charge in [0.1, 0.15) is 0 Å². The number of benzene rings is 1. The highest BCUT2D eigenvalue weighted by Crippen LogP contribution is 2.65. The Hall–Kier alpha value is -1.01. The van der Waals surface area contributed by atoms with Gasteiger partial charge in [0.05, 0.1) is 0 Å². The number of halogens is 19. The molecule has 1 rings (SSSR count). The standard InChI is InChI=1S/C14H3Br2F17/c15-4-1-2-6(16)5(3-4)7(17,18)8(19,20)9(21,22)10(23,24)11(25,26)12(27,28)13(29,30)14(31,32)33/h1-3H. The van der Waals surface area contributed by atoms with Crippen molar-refractivity contribution in [2.75, 3.05) is 0 Å². The molecule has 0 amide bonds. The lowest BCUT2D eigenvalue weighted by Crippen LogP contribution is -2.74. The summed E-state index contributed by atoms with van der Waals surface area (Å²) in [6.07, 6.45) is -7.78. The van der Waals surface area contributed by atoms with Crippen molar-refractivity contribution in [2.24, 2.45) is 0 Å². The zero-order valence-electron chi connectivity index (χ0n) is 14.4. The maximum atomic E-state index is 14.1. The summed E-state index contributed by atoms with van der Waals surface area (Å²) < 4.78 is 224. The largest absolute Gasteiger partial charge is 0.460 e. The first-order valence-electron chi connectivity index (χ1n) is 7.33. The Morgan fingerprint density at radius 2 is 0.788 bits per heavy atom. The molecule has 192 valence electrons. The summed E-state index contributed by atoms with van der Waals surface area (Å²) in [5.74, 6) is -56.6. The van der Waals surface area contributed by atoms with E-state index in [1.807, 2.05) is 0 Å². The van der Waals surface area contributed by atoms with Crippen LogP contribution >= 0.6 is 31.9 Å². The molecular formula is C14H3Br2F17. The van der Waals surface area contributed by atoms with E-state index in [4.69, 9.17) is 0 Å². The van der Waals surface area contributed by atoms with Crippen LogP contribution in [0, 0.1) is 0 Å². The van der Waals surface area contributed by atoms with Crippen molar-refractivity contribution in [2.45, 2.75) is 47.6 Å². The van der Waals surface area contributed by atoms with Gasteiger partial charge in [-0.15, -0.1) is 0 Å². The fourth-order valence-corrected chi connectivity index (χ4v) is 2.93. The van der Waals surface area contributed by atoms with Gasteiger partial charge in [0.25, 0.3) is 0 Å². The van der Waals surface area contributed by atoms with E-state index in [-0.39, 0.29) is 6.07 Å². The zero-order chi connectivity index (χ0) is 26.9. The molecule has 0 heterocycles. The second-order valence-corrected chi connectivity index (χ2v) is 7.91. The molecule has 33 heavy (non-hydrogen) atoms. The average molecular weight is 654 g/mol. The van der Waals surface area contributed by atoms with Gasteiger partial charge in [0, 0.05) is 14.5 Å². The van der Waals surface area contributed by atoms with Crippen molar-refractivity contribution in [3.8, 4) is 0 Å². The highest BCUT2D eigenvalue weighted by atomic mass is 79.9. The lowest BCUT2D eigenvalue weighted by atomic mass is 9.87. The van der Waals surface area contributed by atoms with Gasteiger partial charge in [0.2, 0.25) is 0 Å². The molecule has 0 unspecified atom stereocenters. The van der Waals surface area contributed by atoms with Crippen LogP contribution in [0.3, 0.4) is 0 Å². The predicted octanol–water partition coefficient (Wildman–Crippen LogP) is 8.68. The van der Waals surface area contributed by atoms with Crippen molar-refractivity contribution < 1.29 is 74.6 Å². The molecule has 1 aromatic carbocycles. The van der Waals surface area contributed by atoms with Crippen LogP contribution in [0.5, 0.6) is 0 Å². The molecule has 0 atom stereocenters. The van der Waals surface area contributed by atoms with Gasteiger partial charge in [-0.2, -0.15) is 74.6 Å². The molecule has 0 spiro atoms. The van der Waals surface area contributed by atoms with Crippen LogP contribution in [-0.4, -0.2) is 41.7 Å². The lowest BCUT2D eigenvalue weighted by Gasteiger charge is -2.43. The molecule has 0 N–H and O–H groups in total. The maximum absolute atomic E-state index is 14.1. The number of alkyl halides is 17. The van der Waals surface area contributed by atoms with Crippen molar-refractivity contribution in [1.29, 1.82) is 0 Å². The summed E-state index contributed by atoms with van der Waals surface area (Å²) in [7, 11) is 0. The summed E-state index contributed by atoms with van der Waals surface area (Å²) >= 11 is 4.54. The van der Waals surface area contributed by atoms with Crippen LogP contribution in [0.2, 0.25) is 0 Å². The molecule has 19 heteroatoms. The van der Waals surface area contributed by atoms with Gasteiger partial charge in [0.15, 0.2) is 0 Å². The first-order chi connectivity index (χ1) is 14.2. The molecule has 0 aliphatic heterocycles. The minimum Gasteiger partial charge on any atom is -0.194 e. The molecule has 0 fully saturated rings. The van der Waals surface area contributed by atoms with Gasteiger partial charge in [-0.25, -0.2) is 0 Å². The molecule has 0 saturated heterocycles. The molecule has 0 aliphatic carbocycles. The SMILES string of the molecule is FC(F)(F)C(F)(F)C(F)(F)C(F)(F)C(F)(F)C(F)(F)C(F)(F)C(F)(F)c1cc(Br)ccc1Br. The summed E-state index contributed by atoms with van der Waals surface area (Å²) in [6.45, 7) is 0. The van der Waals surface area contributed by atoms with Crippen LogP contribution in [-0.2, 0) is 5.92 Å². The minimum atomic E-state index is -8.64. The molecule has 0 aromatic heterocycles. The van der Waals surface area contributed by atoms with Gasteiger partial charge in [-0.3, -0.25) is 0 Å². The Bertz CT molecular complexity index is 886. The molecule has 1 aromatic rings. The first-order valence-corrected chi connectivity index (χ1v) is 8.91. The molecule has 0 saturated carbocycles. The quantitative estimate of drug-likeness (QED) is 0.259. The highest BCUT2D eigenvalue weighted by Gasteiger charge is 2.95. The van der Waals surface area contributed by atoms with E-state index in [2.05, 4.69) is 31.9 Å². The van der Waals surface area contributed by atoms with Gasteiger partial charge < -0.3 is 0 Å². The van der Waals surface area contributed by atoms with Crippen molar-refractivity contribution in [3.05, 3.63) is 32.7 Å². The first kappa shape index (κ1) is 30.0. The zero-order valence-corrected chi connectivity index (χ0v) is 17.6. The van der Waals surface area contributed by atoms with E-state index < -0.39 is 62.1 Å². The van der Waals surface area contributed by atoms with Gasteiger partial charge >= 0.3 is 47.6 Å². The molecule has 0 bridgehead atoms. The second kappa shape index (κ2) is 8.01. The fraction of sp³-hybridized carbons (Fsp3) is 0.571. The number of hydrogen-bond donors (Lipinski definition) is 0. The third-order valence-corrected chi connectivity index (χ3v) is 5.17. The predicted molar refractivity (Wildman–Crippen MR) is 81.5 cm³/mol. The highest BCUT2D eigenvalue weighted by molar-refractivity contribution is 9.11. The van der Waals surface area contributed by atoms with E-state index in [0.29, 0.717) is 6.07 Å². The maximum Gasteiger partial charge on any atom is 0.460 e. The van der Waals surface area contributed by atoms with Crippen molar-refractivity contribution >= 4 is 31.9 Å². The summed E-state index contributed by atoms with van der Waals surface area (Å²) in [5, 5.41) is 0. The number of rotatable bonds is 7. The van der Waals surface area contributed by atoms with Gasteiger partial charge in [-0.1, -0.05) is 31.9 Å². The Balaban J connectivity index is 3.78. The van der Waals surface area contributed by atoms with E-state index in [1.165, 1.54) is 0 Å². The van der Waals surface area contributed by atoms with Crippen LogP contribution in [0.15, 0.2) is 27.1 Å². The van der Waals surface area contributed by atoms with Gasteiger partial charge in [-0.05, 0) is 18.2 Å². The summed E-state index contributed by atoms with van der Waals surface area (Å²) in [4.78, 5) is 0. The van der Waals surface area contributed by atoms with Crippen LogP contribution < -0.4 is 0 Å². The smallest absolute Gasteiger partial charge is 0.194 e. The normalized spacial score (nSPS) is 15.7. The Labute approximate surface area is 187 Å². The lowest BCUT2D eigenvalue weighted by molar-refractivity contribution is -0.462. The fourth-order valence-electron chi connectivity index (χ4n) is 2.07. The van der Waals surface area contributed by atoms with E-state index in [9.17, 15) is 74.6 Å². The van der Waals surface area contributed by atoms with Crippen molar-refractivity contribution in [3.63, 3.8) is 0 Å². The van der Waals surface area contributed by atoms with Crippen LogP contribution in [0.25, 0.3) is 0 Å². The second-order valence-electron chi connectivity index (χ2n) is 6.14. The number of hydrogen-bond acceptors (Lipinski definition) is 0. The Morgan fingerprint density at radius 1 is 0.455 bits per heavy atom. The molecular weight excluding hydrogens is 651 g/mol. The topological polar surface area (TPSA) is 0 Å². The Kier molecular flexibility index (Phi) is 7.29. The third kappa shape index (κ3) is 3.97. The summed E-state index contributed by atoms with van der Waals surface area (Å²) in [5.41, 5.74) is -2.30. The molecule has 0 radical (unpaired) electrons. The van der Waals surface area contributed by atoms with Crippen molar-refractivity contribution in [1.82, 2.24) is 0 Å². The monoisotopic (exact) mass is 652 g/mol. The minimum absolute atomic E-state index is 0.114. The van der Waals surface area contributed by atoms with Crippen LogP contribution in [0.1, 0.15) is 5.56 Å².